The highest BCUT2D eigenvalue weighted by atomic mass is 16.2. The molecule has 94 valence electrons. The predicted molar refractivity (Wildman–Crippen MR) is 65.7 cm³/mol. The predicted octanol–water partition coefficient (Wildman–Crippen LogP) is 0.574. The van der Waals surface area contributed by atoms with Crippen molar-refractivity contribution in [3.05, 3.63) is 18.0 Å². The molecule has 0 aliphatic carbocycles. The molecule has 1 atom stereocenters. The van der Waals surface area contributed by atoms with E-state index in [2.05, 4.69) is 10.4 Å². The largest absolute Gasteiger partial charge is 0.340 e. The Kier molecular flexibility index (Phi) is 3.78. The maximum atomic E-state index is 12.0. The van der Waals surface area contributed by atoms with E-state index in [4.69, 9.17) is 0 Å². The summed E-state index contributed by atoms with van der Waals surface area (Å²) in [7, 11) is 0. The van der Waals surface area contributed by atoms with Crippen LogP contribution in [0.5, 0.6) is 0 Å². The van der Waals surface area contributed by atoms with E-state index in [1.54, 1.807) is 0 Å². The lowest BCUT2D eigenvalue weighted by Crippen LogP contribution is -2.46. The van der Waals surface area contributed by atoms with Crippen LogP contribution in [0.4, 0.5) is 0 Å². The van der Waals surface area contributed by atoms with Crippen LogP contribution < -0.4 is 5.32 Å². The minimum absolute atomic E-state index is 0.131. The van der Waals surface area contributed by atoms with Gasteiger partial charge in [0, 0.05) is 38.8 Å². The van der Waals surface area contributed by atoms with E-state index in [1.165, 1.54) is 0 Å². The second-order valence-electron chi connectivity index (χ2n) is 4.68. The molecule has 0 radical (unpaired) electrons. The molecule has 1 unspecified atom stereocenters. The van der Waals surface area contributed by atoms with Crippen LogP contribution >= 0.6 is 0 Å². The molecule has 1 aromatic heterocycles. The highest BCUT2D eigenvalue weighted by molar-refractivity contribution is 5.76. The SMILES string of the molecule is Cc1cnn(C(C)CC(=O)N2CCNCC2)c1. The molecule has 1 N–H and O–H groups in total. The van der Waals surface area contributed by atoms with Crippen molar-refractivity contribution < 1.29 is 4.79 Å². The number of amides is 1. The van der Waals surface area contributed by atoms with E-state index in [0.717, 1.165) is 31.7 Å². The highest BCUT2D eigenvalue weighted by Gasteiger charge is 2.19. The first-order chi connectivity index (χ1) is 8.16. The van der Waals surface area contributed by atoms with Crippen molar-refractivity contribution in [2.75, 3.05) is 26.2 Å². The molecule has 2 rings (SSSR count). The summed E-state index contributed by atoms with van der Waals surface area (Å²) in [4.78, 5) is 14.0. The average molecular weight is 236 g/mol. The molecular weight excluding hydrogens is 216 g/mol. The first kappa shape index (κ1) is 12.1. The Balaban J connectivity index is 1.89. The van der Waals surface area contributed by atoms with Gasteiger partial charge in [-0.1, -0.05) is 0 Å². The van der Waals surface area contributed by atoms with Gasteiger partial charge in [0.15, 0.2) is 0 Å². The van der Waals surface area contributed by atoms with E-state index in [9.17, 15) is 4.79 Å². The Hall–Kier alpha value is -1.36. The summed E-state index contributed by atoms with van der Waals surface area (Å²) in [6, 6.07) is 0.131. The van der Waals surface area contributed by atoms with Crippen molar-refractivity contribution in [3.8, 4) is 0 Å². The maximum Gasteiger partial charge on any atom is 0.224 e. The number of aromatic nitrogens is 2. The third kappa shape index (κ3) is 3.06. The summed E-state index contributed by atoms with van der Waals surface area (Å²) in [6.07, 6.45) is 4.34. The lowest BCUT2D eigenvalue weighted by molar-refractivity contribution is -0.132. The van der Waals surface area contributed by atoms with E-state index in [1.807, 2.05) is 35.8 Å². The molecule has 1 aliphatic rings. The zero-order valence-corrected chi connectivity index (χ0v) is 10.5. The van der Waals surface area contributed by atoms with Gasteiger partial charge in [-0.2, -0.15) is 5.10 Å². The number of carbonyl (C=O) groups excluding carboxylic acids is 1. The van der Waals surface area contributed by atoms with Crippen LogP contribution in [-0.2, 0) is 4.79 Å². The van der Waals surface area contributed by atoms with Gasteiger partial charge in [0.25, 0.3) is 0 Å². The van der Waals surface area contributed by atoms with Gasteiger partial charge in [0.1, 0.15) is 0 Å². The van der Waals surface area contributed by atoms with Gasteiger partial charge in [0.05, 0.1) is 12.2 Å². The Morgan fingerprint density at radius 1 is 1.53 bits per heavy atom. The standard InChI is InChI=1S/C12H20N4O/c1-10-8-14-16(9-10)11(2)7-12(17)15-5-3-13-4-6-15/h8-9,11,13H,3-7H2,1-2H3. The van der Waals surface area contributed by atoms with Crippen LogP contribution in [0.15, 0.2) is 12.4 Å². The average Bonchev–Trinajstić information content (AvgIpc) is 2.77. The molecule has 1 amide bonds. The van der Waals surface area contributed by atoms with Crippen LogP contribution in [0, 0.1) is 6.92 Å². The second-order valence-corrected chi connectivity index (χ2v) is 4.68. The summed E-state index contributed by atoms with van der Waals surface area (Å²) in [6.45, 7) is 7.50. The number of nitrogens with zero attached hydrogens (tertiary/aromatic N) is 3. The molecular formula is C12H20N4O. The summed E-state index contributed by atoms with van der Waals surface area (Å²) in [5, 5.41) is 7.49. The third-order valence-electron chi connectivity index (χ3n) is 3.12. The number of carbonyl (C=O) groups is 1. The van der Waals surface area contributed by atoms with Gasteiger partial charge in [0.2, 0.25) is 5.91 Å². The van der Waals surface area contributed by atoms with Gasteiger partial charge < -0.3 is 10.2 Å². The topological polar surface area (TPSA) is 50.2 Å². The molecule has 0 spiro atoms. The Bertz CT molecular complexity index is 382. The van der Waals surface area contributed by atoms with Crippen molar-refractivity contribution in [3.63, 3.8) is 0 Å². The van der Waals surface area contributed by atoms with E-state index in [-0.39, 0.29) is 11.9 Å². The van der Waals surface area contributed by atoms with E-state index < -0.39 is 0 Å². The van der Waals surface area contributed by atoms with Crippen molar-refractivity contribution in [1.82, 2.24) is 20.0 Å². The lowest BCUT2D eigenvalue weighted by Gasteiger charge is -2.28. The van der Waals surface area contributed by atoms with Gasteiger partial charge >= 0.3 is 0 Å². The monoisotopic (exact) mass is 236 g/mol. The fourth-order valence-corrected chi connectivity index (χ4v) is 2.06. The number of piperazine rings is 1. The molecule has 5 heteroatoms. The number of rotatable bonds is 3. The van der Waals surface area contributed by atoms with Crippen LogP contribution in [0.1, 0.15) is 24.9 Å². The van der Waals surface area contributed by atoms with Crippen LogP contribution in [0.3, 0.4) is 0 Å². The maximum absolute atomic E-state index is 12.0. The molecule has 5 nitrogen and oxygen atoms in total. The number of hydrogen-bond donors (Lipinski definition) is 1. The van der Waals surface area contributed by atoms with Crippen molar-refractivity contribution in [2.45, 2.75) is 26.3 Å². The Morgan fingerprint density at radius 3 is 2.82 bits per heavy atom. The lowest BCUT2D eigenvalue weighted by atomic mass is 10.2. The van der Waals surface area contributed by atoms with Gasteiger partial charge in [-0.05, 0) is 19.4 Å². The molecule has 17 heavy (non-hydrogen) atoms. The normalized spacial score (nSPS) is 18.1. The summed E-state index contributed by atoms with van der Waals surface area (Å²) in [5.41, 5.74) is 1.13. The quantitative estimate of drug-likeness (QED) is 0.835. The summed E-state index contributed by atoms with van der Waals surface area (Å²) < 4.78 is 1.87. The van der Waals surface area contributed by atoms with Gasteiger partial charge in [-0.25, -0.2) is 0 Å². The third-order valence-corrected chi connectivity index (χ3v) is 3.12. The Morgan fingerprint density at radius 2 is 2.24 bits per heavy atom. The summed E-state index contributed by atoms with van der Waals surface area (Å²) in [5.74, 6) is 0.229. The van der Waals surface area contributed by atoms with Crippen molar-refractivity contribution >= 4 is 5.91 Å². The van der Waals surface area contributed by atoms with E-state index in [0.29, 0.717) is 6.42 Å². The van der Waals surface area contributed by atoms with Crippen molar-refractivity contribution in [1.29, 1.82) is 0 Å². The number of hydrogen-bond acceptors (Lipinski definition) is 3. The zero-order chi connectivity index (χ0) is 12.3. The molecule has 0 saturated carbocycles. The fourth-order valence-electron chi connectivity index (χ4n) is 2.06. The molecule has 1 aliphatic heterocycles. The molecule has 2 heterocycles. The fraction of sp³-hybridized carbons (Fsp3) is 0.667. The van der Waals surface area contributed by atoms with Gasteiger partial charge in [-0.15, -0.1) is 0 Å². The van der Waals surface area contributed by atoms with Crippen LogP contribution in [0.2, 0.25) is 0 Å². The van der Waals surface area contributed by atoms with Gasteiger partial charge in [-0.3, -0.25) is 9.48 Å². The molecule has 1 fully saturated rings. The first-order valence-corrected chi connectivity index (χ1v) is 6.16. The smallest absolute Gasteiger partial charge is 0.224 e. The van der Waals surface area contributed by atoms with E-state index >= 15 is 0 Å². The minimum Gasteiger partial charge on any atom is -0.340 e. The number of aryl methyl sites for hydroxylation is 1. The summed E-state index contributed by atoms with van der Waals surface area (Å²) >= 11 is 0. The highest BCUT2D eigenvalue weighted by Crippen LogP contribution is 2.12. The first-order valence-electron chi connectivity index (χ1n) is 6.16. The molecule has 1 saturated heterocycles. The molecule has 1 aromatic rings. The minimum atomic E-state index is 0.131. The van der Waals surface area contributed by atoms with Crippen molar-refractivity contribution in [2.24, 2.45) is 0 Å². The number of nitrogens with one attached hydrogen (secondary N) is 1. The van der Waals surface area contributed by atoms with Crippen LogP contribution in [-0.4, -0.2) is 46.8 Å². The zero-order valence-electron chi connectivity index (χ0n) is 10.5. The molecule has 0 bridgehead atoms. The second kappa shape index (κ2) is 5.31. The molecule has 0 aromatic carbocycles. The van der Waals surface area contributed by atoms with Crippen LogP contribution in [0.25, 0.3) is 0 Å². The Labute approximate surface area is 102 Å².